The summed E-state index contributed by atoms with van der Waals surface area (Å²) >= 11 is 0. The summed E-state index contributed by atoms with van der Waals surface area (Å²) in [5, 5.41) is 0. The minimum Gasteiger partial charge on any atom is -0.401 e. The van der Waals surface area contributed by atoms with Crippen LogP contribution in [0.4, 0.5) is 0 Å². The minimum absolute atomic E-state index is 0. The Morgan fingerprint density at radius 3 is 2.00 bits per heavy atom. The molecule has 0 aromatic heterocycles. The van der Waals surface area contributed by atoms with Crippen LogP contribution in [0.3, 0.4) is 0 Å². The zero-order chi connectivity index (χ0) is 5.49. The molecule has 8 heavy (non-hydrogen) atoms. The van der Waals surface area contributed by atoms with Crippen LogP contribution in [0.25, 0.3) is 0 Å². The molecule has 0 bridgehead atoms. The Morgan fingerprint density at radius 2 is 2.00 bits per heavy atom. The van der Waals surface area contributed by atoms with Gasteiger partial charge in [0.2, 0.25) is 0 Å². The van der Waals surface area contributed by atoms with Crippen molar-refractivity contribution < 1.29 is 23.3 Å². The van der Waals surface area contributed by atoms with Gasteiger partial charge in [-0.05, 0) is 12.5 Å². The monoisotopic (exact) mass is 150 g/mol. The first-order valence-electron chi connectivity index (χ1n) is 2.67. The van der Waals surface area contributed by atoms with Gasteiger partial charge in [0.05, 0.1) is 6.10 Å². The molecule has 2 heteroatoms. The standard InChI is InChI=1S/C6H11O.V/c1-4-6(3)5(2)7-6;/h4-5H,1-3H3;/q-1;. The van der Waals surface area contributed by atoms with Gasteiger partial charge < -0.3 is 4.74 Å². The molecule has 0 saturated carbocycles. The molecule has 1 rings (SSSR count). The van der Waals surface area contributed by atoms with E-state index >= 15 is 0 Å². The molecule has 0 N–H and O–H groups in total. The van der Waals surface area contributed by atoms with E-state index in [1.165, 1.54) is 0 Å². The van der Waals surface area contributed by atoms with Crippen molar-refractivity contribution >= 4 is 0 Å². The van der Waals surface area contributed by atoms with E-state index in [9.17, 15) is 0 Å². The summed E-state index contributed by atoms with van der Waals surface area (Å²) in [5.74, 6) is 0. The number of rotatable bonds is 1. The third-order valence-electron chi connectivity index (χ3n) is 1.75. The van der Waals surface area contributed by atoms with Crippen molar-refractivity contribution in [2.45, 2.75) is 32.5 Å². The van der Waals surface area contributed by atoms with E-state index in [2.05, 4.69) is 20.3 Å². The third kappa shape index (κ3) is 1.28. The molecule has 0 aromatic rings. The zero-order valence-electron chi connectivity index (χ0n) is 5.51. The number of ether oxygens (including phenoxy) is 1. The van der Waals surface area contributed by atoms with Crippen LogP contribution in [0, 0.1) is 6.42 Å². The Kier molecular flexibility index (Phi) is 2.59. The second-order valence-corrected chi connectivity index (χ2v) is 2.23. The normalized spacial score (nSPS) is 43.1. The maximum absolute atomic E-state index is 5.20. The number of hydrogen-bond donors (Lipinski definition) is 0. The molecule has 1 heterocycles. The van der Waals surface area contributed by atoms with Crippen LogP contribution in [0.15, 0.2) is 0 Å². The van der Waals surface area contributed by atoms with Crippen molar-refractivity contribution in [3.63, 3.8) is 0 Å². The third-order valence-corrected chi connectivity index (χ3v) is 1.75. The first-order chi connectivity index (χ1) is 3.19. The topological polar surface area (TPSA) is 12.5 Å². The first kappa shape index (κ1) is 8.54. The van der Waals surface area contributed by atoms with Crippen molar-refractivity contribution in [3.05, 3.63) is 6.42 Å². The maximum Gasteiger partial charge on any atom is 0.0527 e. The fraction of sp³-hybridized carbons (Fsp3) is 0.833. The second kappa shape index (κ2) is 2.42. The van der Waals surface area contributed by atoms with E-state index in [0.717, 1.165) is 0 Å². The van der Waals surface area contributed by atoms with Crippen molar-refractivity contribution in [1.82, 2.24) is 0 Å². The van der Waals surface area contributed by atoms with Crippen molar-refractivity contribution in [3.8, 4) is 0 Å². The molecule has 1 saturated heterocycles. The number of epoxide rings is 1. The van der Waals surface area contributed by atoms with Crippen LogP contribution in [0.5, 0.6) is 0 Å². The average molecular weight is 150 g/mol. The van der Waals surface area contributed by atoms with Gasteiger partial charge in [0, 0.05) is 18.6 Å². The largest absolute Gasteiger partial charge is 0.401 e. The van der Waals surface area contributed by atoms with E-state index in [1.54, 1.807) is 0 Å². The van der Waals surface area contributed by atoms with Gasteiger partial charge in [-0.2, -0.15) is 6.92 Å². The summed E-state index contributed by atoms with van der Waals surface area (Å²) in [6, 6.07) is 0. The molecule has 1 radical (unpaired) electrons. The Balaban J connectivity index is 0.000000490. The summed E-state index contributed by atoms with van der Waals surface area (Å²) < 4.78 is 5.20. The van der Waals surface area contributed by atoms with Crippen LogP contribution in [-0.4, -0.2) is 11.7 Å². The van der Waals surface area contributed by atoms with Crippen molar-refractivity contribution in [2.24, 2.45) is 0 Å². The molecule has 1 nitrogen and oxygen atoms in total. The molecule has 0 spiro atoms. The van der Waals surface area contributed by atoms with Gasteiger partial charge in [-0.1, -0.05) is 6.92 Å². The van der Waals surface area contributed by atoms with Crippen molar-refractivity contribution in [1.29, 1.82) is 0 Å². The Labute approximate surface area is 62.7 Å². The summed E-state index contributed by atoms with van der Waals surface area (Å²) in [5.41, 5.74) is 0.125. The summed E-state index contributed by atoms with van der Waals surface area (Å²) in [6.45, 7) is 6.21. The van der Waals surface area contributed by atoms with E-state index in [-0.39, 0.29) is 24.2 Å². The van der Waals surface area contributed by atoms with E-state index in [4.69, 9.17) is 4.74 Å². The SMILES string of the molecule is C[CH-]C1(C)OC1C.[V]. The number of hydrogen-bond acceptors (Lipinski definition) is 1. The van der Waals surface area contributed by atoms with Gasteiger partial charge in [0.15, 0.2) is 0 Å². The second-order valence-electron chi connectivity index (χ2n) is 2.23. The molecule has 0 aromatic carbocycles. The molecule has 2 atom stereocenters. The quantitative estimate of drug-likeness (QED) is 0.406. The van der Waals surface area contributed by atoms with Gasteiger partial charge >= 0.3 is 0 Å². The van der Waals surface area contributed by atoms with Crippen LogP contribution in [0.1, 0.15) is 20.8 Å². The smallest absolute Gasteiger partial charge is 0.0527 e. The van der Waals surface area contributed by atoms with E-state index in [1.807, 2.05) is 6.92 Å². The van der Waals surface area contributed by atoms with Crippen LogP contribution in [-0.2, 0) is 23.3 Å². The van der Waals surface area contributed by atoms with Crippen LogP contribution < -0.4 is 0 Å². The Bertz CT molecular complexity index is 80.6. The molecule has 1 aliphatic heterocycles. The zero-order valence-corrected chi connectivity index (χ0v) is 6.91. The van der Waals surface area contributed by atoms with Gasteiger partial charge in [-0.15, -0.1) is 0 Å². The van der Waals surface area contributed by atoms with Crippen LogP contribution in [0.2, 0.25) is 0 Å². The maximum atomic E-state index is 5.20. The predicted molar refractivity (Wildman–Crippen MR) is 28.9 cm³/mol. The molecular formula is C6H11OV-. The van der Waals surface area contributed by atoms with Crippen LogP contribution >= 0.6 is 0 Å². The molecule has 0 aliphatic carbocycles. The average Bonchev–Trinajstić information content (AvgIpc) is 2.18. The molecular weight excluding hydrogens is 139 g/mol. The minimum atomic E-state index is 0. The fourth-order valence-corrected chi connectivity index (χ4v) is 0.650. The van der Waals surface area contributed by atoms with Gasteiger partial charge in [-0.3, -0.25) is 6.42 Å². The molecule has 47 valence electrons. The van der Waals surface area contributed by atoms with Gasteiger partial charge in [-0.25, -0.2) is 0 Å². The first-order valence-corrected chi connectivity index (χ1v) is 2.67. The predicted octanol–water partition coefficient (Wildman–Crippen LogP) is 1.39. The van der Waals surface area contributed by atoms with E-state index in [0.29, 0.717) is 6.10 Å². The van der Waals surface area contributed by atoms with Gasteiger partial charge in [0.25, 0.3) is 0 Å². The molecule has 1 fully saturated rings. The Hall–Kier alpha value is 0.544. The Morgan fingerprint density at radius 1 is 1.62 bits per heavy atom. The van der Waals surface area contributed by atoms with Gasteiger partial charge in [0.1, 0.15) is 0 Å². The van der Waals surface area contributed by atoms with Crippen molar-refractivity contribution in [2.75, 3.05) is 0 Å². The summed E-state index contributed by atoms with van der Waals surface area (Å²) in [6.07, 6.45) is 2.55. The fourth-order valence-electron chi connectivity index (χ4n) is 0.650. The van der Waals surface area contributed by atoms with E-state index < -0.39 is 0 Å². The molecule has 0 amide bonds. The molecule has 1 aliphatic rings. The summed E-state index contributed by atoms with van der Waals surface area (Å²) in [4.78, 5) is 0. The molecule has 2 unspecified atom stereocenters. The summed E-state index contributed by atoms with van der Waals surface area (Å²) in [7, 11) is 0.